The standard InChI is InChI=1S/C13H11ClF3NO3/c14-9-2-1-3-10(5-9)18-6-8(4-11(18)19)12(20)21-7-13(15,16)17/h1-3,5,8H,4,6-7H2. The molecule has 0 saturated carbocycles. The Morgan fingerprint density at radius 1 is 1.43 bits per heavy atom. The quantitative estimate of drug-likeness (QED) is 0.804. The van der Waals surface area contributed by atoms with Gasteiger partial charge in [0.1, 0.15) is 0 Å². The summed E-state index contributed by atoms with van der Waals surface area (Å²) in [6, 6.07) is 6.44. The second-order valence-electron chi connectivity index (χ2n) is 4.61. The molecule has 1 heterocycles. The van der Waals surface area contributed by atoms with E-state index in [1.165, 1.54) is 4.90 Å². The molecule has 1 amide bonds. The minimum absolute atomic E-state index is 0.0180. The molecule has 0 radical (unpaired) electrons. The number of nitrogens with zero attached hydrogens (tertiary/aromatic N) is 1. The van der Waals surface area contributed by atoms with Crippen LogP contribution in [-0.4, -0.2) is 31.2 Å². The van der Waals surface area contributed by atoms with Gasteiger partial charge in [0.15, 0.2) is 6.61 Å². The molecule has 0 spiro atoms. The number of halogens is 4. The maximum atomic E-state index is 12.0. The molecule has 0 bridgehead atoms. The molecular formula is C13H11ClF3NO3. The predicted octanol–water partition coefficient (Wildman–Crippen LogP) is 2.80. The van der Waals surface area contributed by atoms with Crippen LogP contribution in [0.15, 0.2) is 24.3 Å². The number of esters is 1. The number of ether oxygens (including phenoxy) is 1. The lowest BCUT2D eigenvalue weighted by Crippen LogP contribution is -2.28. The van der Waals surface area contributed by atoms with E-state index >= 15 is 0 Å². The molecule has 21 heavy (non-hydrogen) atoms. The molecule has 2 rings (SSSR count). The van der Waals surface area contributed by atoms with Crippen LogP contribution in [0.1, 0.15) is 6.42 Å². The summed E-state index contributed by atoms with van der Waals surface area (Å²) in [7, 11) is 0. The summed E-state index contributed by atoms with van der Waals surface area (Å²) in [4.78, 5) is 24.7. The SMILES string of the molecule is O=C(OCC(F)(F)F)C1CC(=O)N(c2cccc(Cl)c2)C1. The largest absolute Gasteiger partial charge is 0.456 e. The Labute approximate surface area is 123 Å². The molecule has 1 fully saturated rings. The summed E-state index contributed by atoms with van der Waals surface area (Å²) < 4.78 is 40.2. The normalized spacial score (nSPS) is 19.0. The van der Waals surface area contributed by atoms with E-state index in [1.807, 2.05) is 0 Å². The van der Waals surface area contributed by atoms with Crippen LogP contribution >= 0.6 is 11.6 Å². The second-order valence-corrected chi connectivity index (χ2v) is 5.04. The first-order chi connectivity index (χ1) is 9.76. The zero-order valence-corrected chi connectivity index (χ0v) is 11.4. The molecule has 1 aromatic rings. The number of alkyl halides is 3. The maximum absolute atomic E-state index is 12.0. The first-order valence-electron chi connectivity index (χ1n) is 6.05. The average molecular weight is 322 g/mol. The lowest BCUT2D eigenvalue weighted by atomic mass is 10.1. The maximum Gasteiger partial charge on any atom is 0.422 e. The minimum Gasteiger partial charge on any atom is -0.456 e. The molecule has 1 aromatic carbocycles. The summed E-state index contributed by atoms with van der Waals surface area (Å²) >= 11 is 5.82. The van der Waals surface area contributed by atoms with Gasteiger partial charge in [0, 0.05) is 23.7 Å². The molecule has 1 aliphatic rings. The van der Waals surface area contributed by atoms with Crippen LogP contribution in [0, 0.1) is 5.92 Å². The second kappa shape index (κ2) is 5.93. The number of amides is 1. The van der Waals surface area contributed by atoms with Crippen molar-refractivity contribution in [2.45, 2.75) is 12.6 Å². The number of carbonyl (C=O) groups is 2. The number of hydrogen-bond acceptors (Lipinski definition) is 3. The van der Waals surface area contributed by atoms with Crippen LogP contribution in [-0.2, 0) is 14.3 Å². The zero-order valence-electron chi connectivity index (χ0n) is 10.7. The van der Waals surface area contributed by atoms with Crippen LogP contribution < -0.4 is 4.90 Å². The van der Waals surface area contributed by atoms with E-state index in [0.717, 1.165) is 0 Å². The number of hydrogen-bond donors (Lipinski definition) is 0. The molecule has 1 saturated heterocycles. The Bertz CT molecular complexity index is 562. The van der Waals surface area contributed by atoms with E-state index in [0.29, 0.717) is 10.7 Å². The van der Waals surface area contributed by atoms with Crippen molar-refractivity contribution < 1.29 is 27.5 Å². The Hall–Kier alpha value is -1.76. The molecular weight excluding hydrogens is 311 g/mol. The van der Waals surface area contributed by atoms with Gasteiger partial charge in [-0.05, 0) is 18.2 Å². The van der Waals surface area contributed by atoms with Gasteiger partial charge in [0.05, 0.1) is 5.92 Å². The third kappa shape index (κ3) is 4.10. The van der Waals surface area contributed by atoms with E-state index in [4.69, 9.17) is 11.6 Å². The van der Waals surface area contributed by atoms with E-state index < -0.39 is 24.7 Å². The molecule has 0 aromatic heterocycles. The van der Waals surface area contributed by atoms with Crippen molar-refractivity contribution >= 4 is 29.2 Å². The van der Waals surface area contributed by atoms with Gasteiger partial charge < -0.3 is 9.64 Å². The number of benzene rings is 1. The van der Waals surface area contributed by atoms with Crippen LogP contribution in [0.25, 0.3) is 0 Å². The van der Waals surface area contributed by atoms with E-state index in [9.17, 15) is 22.8 Å². The molecule has 4 nitrogen and oxygen atoms in total. The Balaban J connectivity index is 2.01. The highest BCUT2D eigenvalue weighted by atomic mass is 35.5. The third-order valence-electron chi connectivity index (χ3n) is 2.96. The Morgan fingerprint density at radius 2 is 2.14 bits per heavy atom. The molecule has 8 heteroatoms. The fourth-order valence-corrected chi connectivity index (χ4v) is 2.21. The first-order valence-corrected chi connectivity index (χ1v) is 6.43. The third-order valence-corrected chi connectivity index (χ3v) is 3.19. The van der Waals surface area contributed by atoms with Gasteiger partial charge in [0.25, 0.3) is 0 Å². The van der Waals surface area contributed by atoms with Crippen LogP contribution in [0.2, 0.25) is 5.02 Å². The van der Waals surface area contributed by atoms with Crippen LogP contribution in [0.3, 0.4) is 0 Å². The molecule has 1 aliphatic heterocycles. The summed E-state index contributed by atoms with van der Waals surface area (Å²) in [6.07, 6.45) is -4.76. The summed E-state index contributed by atoms with van der Waals surface area (Å²) in [5, 5.41) is 0.420. The van der Waals surface area contributed by atoms with Gasteiger partial charge >= 0.3 is 12.1 Å². The van der Waals surface area contributed by atoms with Crippen LogP contribution in [0.5, 0.6) is 0 Å². The summed E-state index contributed by atoms with van der Waals surface area (Å²) in [6.45, 7) is -1.66. The van der Waals surface area contributed by atoms with Gasteiger partial charge in [-0.25, -0.2) is 0 Å². The van der Waals surface area contributed by atoms with Crippen molar-refractivity contribution in [2.75, 3.05) is 18.1 Å². The van der Waals surface area contributed by atoms with Crippen molar-refractivity contribution in [3.8, 4) is 0 Å². The molecule has 1 unspecified atom stereocenters. The smallest absolute Gasteiger partial charge is 0.422 e. The van der Waals surface area contributed by atoms with E-state index in [2.05, 4.69) is 4.74 Å². The predicted molar refractivity (Wildman–Crippen MR) is 68.9 cm³/mol. The highest BCUT2D eigenvalue weighted by Gasteiger charge is 2.38. The lowest BCUT2D eigenvalue weighted by molar-refractivity contribution is -0.188. The van der Waals surface area contributed by atoms with Crippen molar-refractivity contribution in [3.05, 3.63) is 29.3 Å². The summed E-state index contributed by atoms with van der Waals surface area (Å²) in [5.74, 6) is -2.28. The number of carbonyl (C=O) groups excluding carboxylic acids is 2. The molecule has 0 aliphatic carbocycles. The highest BCUT2D eigenvalue weighted by Crippen LogP contribution is 2.28. The van der Waals surface area contributed by atoms with Crippen molar-refractivity contribution in [3.63, 3.8) is 0 Å². The molecule has 0 N–H and O–H groups in total. The van der Waals surface area contributed by atoms with Crippen LogP contribution in [0.4, 0.5) is 18.9 Å². The van der Waals surface area contributed by atoms with Gasteiger partial charge in [-0.2, -0.15) is 13.2 Å². The number of anilines is 1. The Kier molecular flexibility index (Phi) is 4.41. The Morgan fingerprint density at radius 3 is 2.76 bits per heavy atom. The van der Waals surface area contributed by atoms with Gasteiger partial charge in [-0.1, -0.05) is 17.7 Å². The first kappa shape index (κ1) is 15.6. The molecule has 1 atom stereocenters. The van der Waals surface area contributed by atoms with Gasteiger partial charge in [-0.15, -0.1) is 0 Å². The van der Waals surface area contributed by atoms with Gasteiger partial charge in [0.2, 0.25) is 5.91 Å². The fourth-order valence-electron chi connectivity index (χ4n) is 2.03. The van der Waals surface area contributed by atoms with Crippen molar-refractivity contribution in [1.29, 1.82) is 0 Å². The fraction of sp³-hybridized carbons (Fsp3) is 0.385. The lowest BCUT2D eigenvalue weighted by Gasteiger charge is -2.16. The summed E-state index contributed by atoms with van der Waals surface area (Å²) in [5.41, 5.74) is 0.499. The highest BCUT2D eigenvalue weighted by molar-refractivity contribution is 6.30. The van der Waals surface area contributed by atoms with Crippen molar-refractivity contribution in [2.24, 2.45) is 5.92 Å². The van der Waals surface area contributed by atoms with E-state index in [-0.39, 0.29) is 18.9 Å². The minimum atomic E-state index is -4.58. The topological polar surface area (TPSA) is 46.6 Å². The molecule has 114 valence electrons. The van der Waals surface area contributed by atoms with Gasteiger partial charge in [-0.3, -0.25) is 9.59 Å². The average Bonchev–Trinajstić information content (AvgIpc) is 2.77. The van der Waals surface area contributed by atoms with E-state index in [1.54, 1.807) is 24.3 Å². The monoisotopic (exact) mass is 321 g/mol. The zero-order chi connectivity index (χ0) is 15.6. The van der Waals surface area contributed by atoms with Crippen molar-refractivity contribution in [1.82, 2.24) is 0 Å². The number of rotatable bonds is 3.